The number of rotatable bonds is 16. The fourth-order valence-corrected chi connectivity index (χ4v) is 3.70. The maximum Gasteiger partial charge on any atom is 0.326 e. The summed E-state index contributed by atoms with van der Waals surface area (Å²) in [6.45, 7) is 7.14. The monoisotopic (exact) mass is 536 g/mol. The number of phenols is 1. The van der Waals surface area contributed by atoms with Gasteiger partial charge in [0, 0.05) is 6.42 Å². The van der Waals surface area contributed by atoms with Gasteiger partial charge in [-0.3, -0.25) is 19.2 Å². The van der Waals surface area contributed by atoms with Crippen LogP contribution >= 0.6 is 0 Å². The van der Waals surface area contributed by atoms with E-state index in [0.717, 1.165) is 0 Å². The average Bonchev–Trinajstić information content (AvgIpc) is 2.84. The number of aromatic hydroxyl groups is 1. The molecule has 5 unspecified atom stereocenters. The van der Waals surface area contributed by atoms with Crippen molar-refractivity contribution in [3.8, 4) is 5.75 Å². The van der Waals surface area contributed by atoms with Crippen LogP contribution in [0.15, 0.2) is 24.3 Å². The first-order valence-electron chi connectivity index (χ1n) is 12.6. The largest absolute Gasteiger partial charge is 0.508 e. The molecule has 0 fully saturated rings. The fraction of sp³-hybridized carbons (Fsp3) is 0.577. The van der Waals surface area contributed by atoms with Crippen molar-refractivity contribution in [3.05, 3.63) is 29.8 Å². The van der Waals surface area contributed by atoms with E-state index in [-0.39, 0.29) is 36.8 Å². The third kappa shape index (κ3) is 11.2. The third-order valence-electron chi connectivity index (χ3n) is 6.12. The molecule has 0 heterocycles. The molecule has 0 saturated carbocycles. The molecule has 1 aromatic rings. The molecule has 12 heteroatoms. The van der Waals surface area contributed by atoms with Gasteiger partial charge in [-0.05, 0) is 48.8 Å². The Labute approximate surface area is 222 Å². The number of carboxylic acid groups (broad SMARTS) is 2. The molecular weight excluding hydrogens is 496 g/mol. The minimum absolute atomic E-state index is 0.00515. The van der Waals surface area contributed by atoms with E-state index < -0.39 is 60.2 Å². The Morgan fingerprint density at radius 1 is 0.868 bits per heavy atom. The zero-order chi connectivity index (χ0) is 29.0. The summed E-state index contributed by atoms with van der Waals surface area (Å²) < 4.78 is 0. The second-order valence-corrected chi connectivity index (χ2v) is 9.87. The second-order valence-electron chi connectivity index (χ2n) is 9.87. The SMILES string of the molecule is CCC(C)C(NC(=O)C(CCC(=O)O)NC(=O)C(N)Cc1ccc(O)cc1)C(=O)NC(CC(C)C)C(=O)O. The minimum Gasteiger partial charge on any atom is -0.508 e. The molecule has 0 aliphatic heterocycles. The van der Waals surface area contributed by atoms with Crippen LogP contribution in [0.1, 0.15) is 58.9 Å². The predicted octanol–water partition coefficient (Wildman–Crippen LogP) is 0.758. The lowest BCUT2D eigenvalue weighted by atomic mass is 9.96. The number of hydrogen-bond acceptors (Lipinski definition) is 7. The Hall–Kier alpha value is -3.67. The van der Waals surface area contributed by atoms with E-state index in [4.69, 9.17) is 10.8 Å². The molecule has 3 amide bonds. The first kappa shape index (κ1) is 32.4. The van der Waals surface area contributed by atoms with Crippen molar-refractivity contribution in [1.82, 2.24) is 16.0 Å². The highest BCUT2D eigenvalue weighted by Crippen LogP contribution is 2.13. The lowest BCUT2D eigenvalue weighted by Crippen LogP contribution is -2.59. The van der Waals surface area contributed by atoms with Crippen molar-refractivity contribution in [2.45, 2.75) is 84.0 Å². The molecule has 0 aromatic heterocycles. The van der Waals surface area contributed by atoms with Gasteiger partial charge in [-0.1, -0.05) is 46.2 Å². The van der Waals surface area contributed by atoms with Crippen LogP contribution in [0.4, 0.5) is 0 Å². The molecule has 212 valence electrons. The number of nitrogens with one attached hydrogen (secondary N) is 3. The highest BCUT2D eigenvalue weighted by atomic mass is 16.4. The van der Waals surface area contributed by atoms with Crippen LogP contribution in [0.2, 0.25) is 0 Å². The number of carbonyl (C=O) groups excluding carboxylic acids is 3. The number of carbonyl (C=O) groups is 5. The van der Waals surface area contributed by atoms with Gasteiger partial charge < -0.3 is 37.0 Å². The smallest absolute Gasteiger partial charge is 0.326 e. The topological polar surface area (TPSA) is 208 Å². The highest BCUT2D eigenvalue weighted by Gasteiger charge is 2.33. The van der Waals surface area contributed by atoms with Crippen LogP contribution in [0.3, 0.4) is 0 Å². The summed E-state index contributed by atoms with van der Waals surface area (Å²) in [5.41, 5.74) is 6.66. The maximum atomic E-state index is 13.2. The van der Waals surface area contributed by atoms with Crippen molar-refractivity contribution in [2.75, 3.05) is 0 Å². The Kier molecular flexibility index (Phi) is 13.2. The quantitative estimate of drug-likeness (QED) is 0.159. The van der Waals surface area contributed by atoms with E-state index in [0.29, 0.717) is 12.0 Å². The molecule has 0 saturated heterocycles. The van der Waals surface area contributed by atoms with E-state index in [1.165, 1.54) is 12.1 Å². The average molecular weight is 537 g/mol. The molecule has 0 aliphatic carbocycles. The summed E-state index contributed by atoms with van der Waals surface area (Å²) in [6.07, 6.45) is 0.0894. The molecule has 12 nitrogen and oxygen atoms in total. The first-order chi connectivity index (χ1) is 17.7. The van der Waals surface area contributed by atoms with E-state index in [1.54, 1.807) is 26.0 Å². The molecule has 0 spiro atoms. The zero-order valence-corrected chi connectivity index (χ0v) is 22.3. The summed E-state index contributed by atoms with van der Waals surface area (Å²) in [5.74, 6) is -4.89. The summed E-state index contributed by atoms with van der Waals surface area (Å²) in [6, 6.07) is 1.45. The van der Waals surface area contributed by atoms with Gasteiger partial charge in [-0.2, -0.15) is 0 Å². The number of benzene rings is 1. The molecule has 0 aliphatic rings. The van der Waals surface area contributed by atoms with Gasteiger partial charge in [0.25, 0.3) is 0 Å². The summed E-state index contributed by atoms with van der Waals surface area (Å²) in [7, 11) is 0. The summed E-state index contributed by atoms with van der Waals surface area (Å²) in [5, 5.41) is 35.5. The van der Waals surface area contributed by atoms with Gasteiger partial charge in [0.05, 0.1) is 6.04 Å². The van der Waals surface area contributed by atoms with Crippen LogP contribution in [-0.2, 0) is 30.4 Å². The van der Waals surface area contributed by atoms with E-state index >= 15 is 0 Å². The zero-order valence-electron chi connectivity index (χ0n) is 22.3. The predicted molar refractivity (Wildman–Crippen MR) is 139 cm³/mol. The lowest BCUT2D eigenvalue weighted by molar-refractivity contribution is -0.143. The fourth-order valence-electron chi connectivity index (χ4n) is 3.70. The number of amides is 3. The molecule has 5 atom stereocenters. The van der Waals surface area contributed by atoms with Crippen LogP contribution in [0.5, 0.6) is 5.75 Å². The van der Waals surface area contributed by atoms with E-state index in [9.17, 15) is 34.2 Å². The highest BCUT2D eigenvalue weighted by molar-refractivity contribution is 5.94. The van der Waals surface area contributed by atoms with Crippen LogP contribution in [-0.4, -0.2) is 69.1 Å². The number of carboxylic acids is 2. The van der Waals surface area contributed by atoms with Crippen molar-refractivity contribution in [1.29, 1.82) is 0 Å². The minimum atomic E-state index is -1.30. The second kappa shape index (κ2) is 15.6. The van der Waals surface area contributed by atoms with Crippen LogP contribution < -0.4 is 21.7 Å². The van der Waals surface area contributed by atoms with Crippen LogP contribution in [0.25, 0.3) is 0 Å². The van der Waals surface area contributed by atoms with E-state index in [2.05, 4.69) is 16.0 Å². The van der Waals surface area contributed by atoms with E-state index in [1.807, 2.05) is 13.8 Å². The Bertz CT molecular complexity index is 966. The molecular formula is C26H40N4O8. The molecule has 8 N–H and O–H groups in total. The molecule has 1 aromatic carbocycles. The molecule has 38 heavy (non-hydrogen) atoms. The van der Waals surface area contributed by atoms with Gasteiger partial charge >= 0.3 is 11.9 Å². The Morgan fingerprint density at radius 2 is 1.45 bits per heavy atom. The number of hydrogen-bond donors (Lipinski definition) is 7. The standard InChI is InChI=1S/C26H40N4O8/c1-5-15(4)22(25(36)29-20(26(37)38)12-14(2)3)30-24(35)19(10-11-21(32)33)28-23(34)18(27)13-16-6-8-17(31)9-7-16/h6-9,14-15,18-20,22,31H,5,10-13,27H2,1-4H3,(H,28,34)(H,29,36)(H,30,35)(H,32,33)(H,37,38). The van der Waals surface area contributed by atoms with Gasteiger partial charge in [-0.15, -0.1) is 0 Å². The van der Waals surface area contributed by atoms with Crippen molar-refractivity contribution in [2.24, 2.45) is 17.6 Å². The summed E-state index contributed by atoms with van der Waals surface area (Å²) in [4.78, 5) is 61.7. The summed E-state index contributed by atoms with van der Waals surface area (Å²) >= 11 is 0. The lowest BCUT2D eigenvalue weighted by Gasteiger charge is -2.28. The van der Waals surface area contributed by atoms with Gasteiger partial charge in [0.1, 0.15) is 23.9 Å². The molecule has 0 radical (unpaired) electrons. The number of aliphatic carboxylic acids is 2. The maximum absolute atomic E-state index is 13.2. The number of nitrogens with two attached hydrogens (primary N) is 1. The normalized spacial score (nSPS) is 15.0. The van der Waals surface area contributed by atoms with Crippen molar-refractivity contribution >= 4 is 29.7 Å². The Morgan fingerprint density at radius 3 is 1.95 bits per heavy atom. The number of phenolic OH excluding ortho intramolecular Hbond substituents is 1. The Balaban J connectivity index is 3.03. The molecule has 0 bridgehead atoms. The third-order valence-corrected chi connectivity index (χ3v) is 6.12. The van der Waals surface area contributed by atoms with Gasteiger partial charge in [0.15, 0.2) is 0 Å². The van der Waals surface area contributed by atoms with Gasteiger partial charge in [0.2, 0.25) is 17.7 Å². The molecule has 1 rings (SSSR count). The van der Waals surface area contributed by atoms with Crippen molar-refractivity contribution in [3.63, 3.8) is 0 Å². The van der Waals surface area contributed by atoms with Crippen LogP contribution in [0, 0.1) is 11.8 Å². The first-order valence-corrected chi connectivity index (χ1v) is 12.6. The van der Waals surface area contributed by atoms with Gasteiger partial charge in [-0.25, -0.2) is 4.79 Å². The van der Waals surface area contributed by atoms with Crippen molar-refractivity contribution < 1.29 is 39.3 Å².